The lowest BCUT2D eigenvalue weighted by molar-refractivity contribution is -0.110. The Kier molecular flexibility index (Phi) is 3.65. The van der Waals surface area contributed by atoms with Gasteiger partial charge in [-0.15, -0.1) is 0 Å². The molecular formula is C17H11F2NO3. The minimum atomic E-state index is -0.633. The zero-order valence-electron chi connectivity index (χ0n) is 12.0. The third-order valence-corrected chi connectivity index (χ3v) is 3.48. The van der Waals surface area contributed by atoms with E-state index in [1.807, 2.05) is 0 Å². The van der Waals surface area contributed by atoms with E-state index in [9.17, 15) is 18.4 Å². The van der Waals surface area contributed by atoms with E-state index in [0.717, 1.165) is 18.2 Å². The van der Waals surface area contributed by atoms with Crippen molar-refractivity contribution < 1.29 is 23.1 Å². The number of rotatable bonds is 2. The maximum absolute atomic E-state index is 13.7. The summed E-state index contributed by atoms with van der Waals surface area (Å²) in [5.74, 6) is -2.22. The van der Waals surface area contributed by atoms with E-state index in [2.05, 4.69) is 10.1 Å². The van der Waals surface area contributed by atoms with Crippen LogP contribution in [0.15, 0.2) is 36.4 Å². The molecule has 0 atom stereocenters. The monoisotopic (exact) mass is 315 g/mol. The number of anilines is 1. The molecule has 1 amide bonds. The molecule has 0 saturated carbocycles. The van der Waals surface area contributed by atoms with Crippen LogP contribution in [-0.2, 0) is 9.53 Å². The van der Waals surface area contributed by atoms with Gasteiger partial charge in [-0.05, 0) is 36.4 Å². The maximum Gasteiger partial charge on any atom is 0.337 e. The first-order valence-corrected chi connectivity index (χ1v) is 6.70. The van der Waals surface area contributed by atoms with Gasteiger partial charge < -0.3 is 10.1 Å². The molecule has 0 aromatic heterocycles. The molecule has 2 aromatic rings. The topological polar surface area (TPSA) is 55.4 Å². The van der Waals surface area contributed by atoms with Crippen molar-refractivity contribution in [1.29, 1.82) is 0 Å². The number of benzene rings is 2. The number of carbonyl (C=O) groups is 2. The van der Waals surface area contributed by atoms with E-state index in [0.29, 0.717) is 11.3 Å². The van der Waals surface area contributed by atoms with Crippen LogP contribution in [0, 0.1) is 11.6 Å². The number of carbonyl (C=O) groups excluding carboxylic acids is 2. The molecule has 0 aliphatic carbocycles. The molecule has 4 nitrogen and oxygen atoms in total. The minimum absolute atomic E-state index is 0.0277. The van der Waals surface area contributed by atoms with Crippen LogP contribution in [0.1, 0.15) is 21.5 Å². The summed E-state index contributed by atoms with van der Waals surface area (Å²) in [6.07, 6.45) is 1.28. The molecule has 0 saturated heterocycles. The molecule has 6 heteroatoms. The largest absolute Gasteiger partial charge is 0.465 e. The predicted molar refractivity (Wildman–Crippen MR) is 80.6 cm³/mol. The summed E-state index contributed by atoms with van der Waals surface area (Å²) in [5, 5.41) is 2.59. The minimum Gasteiger partial charge on any atom is -0.465 e. The van der Waals surface area contributed by atoms with E-state index >= 15 is 0 Å². The Morgan fingerprint density at radius 1 is 1.17 bits per heavy atom. The number of hydrogen-bond donors (Lipinski definition) is 1. The van der Waals surface area contributed by atoms with E-state index in [1.165, 1.54) is 25.3 Å². The fraction of sp³-hybridized carbons (Fsp3) is 0.0588. The molecule has 1 aliphatic heterocycles. The number of esters is 1. The van der Waals surface area contributed by atoms with Gasteiger partial charge in [0.2, 0.25) is 0 Å². The summed E-state index contributed by atoms with van der Waals surface area (Å²) in [5.41, 5.74) is 1.37. The normalized spacial score (nSPS) is 14.6. The first-order valence-electron chi connectivity index (χ1n) is 6.70. The summed E-state index contributed by atoms with van der Waals surface area (Å²) >= 11 is 0. The number of halogens is 2. The van der Waals surface area contributed by atoms with Gasteiger partial charge in [-0.2, -0.15) is 0 Å². The third kappa shape index (κ3) is 2.70. The quantitative estimate of drug-likeness (QED) is 0.684. The van der Waals surface area contributed by atoms with Crippen LogP contribution in [0.2, 0.25) is 0 Å². The predicted octanol–water partition coefficient (Wildman–Crippen LogP) is 3.24. The molecule has 1 aliphatic rings. The molecule has 0 fully saturated rings. The van der Waals surface area contributed by atoms with Crippen LogP contribution in [0.5, 0.6) is 0 Å². The Balaban J connectivity index is 2.07. The average molecular weight is 315 g/mol. The lowest BCUT2D eigenvalue weighted by Gasteiger charge is -2.03. The summed E-state index contributed by atoms with van der Waals surface area (Å²) in [6, 6.07) is 7.54. The van der Waals surface area contributed by atoms with Crippen LogP contribution >= 0.6 is 0 Å². The molecule has 0 spiro atoms. The number of amides is 1. The molecule has 1 N–H and O–H groups in total. The fourth-order valence-electron chi connectivity index (χ4n) is 2.36. The van der Waals surface area contributed by atoms with E-state index in [4.69, 9.17) is 0 Å². The van der Waals surface area contributed by atoms with Crippen molar-refractivity contribution in [1.82, 2.24) is 0 Å². The average Bonchev–Trinajstić information content (AvgIpc) is 2.85. The zero-order valence-corrected chi connectivity index (χ0v) is 12.0. The van der Waals surface area contributed by atoms with Crippen molar-refractivity contribution in [2.24, 2.45) is 0 Å². The molecule has 0 unspecified atom stereocenters. The maximum atomic E-state index is 13.7. The van der Waals surface area contributed by atoms with E-state index in [1.54, 1.807) is 6.07 Å². The van der Waals surface area contributed by atoms with Gasteiger partial charge in [-0.25, -0.2) is 13.6 Å². The van der Waals surface area contributed by atoms with Crippen LogP contribution < -0.4 is 5.32 Å². The fourth-order valence-corrected chi connectivity index (χ4v) is 2.36. The van der Waals surface area contributed by atoms with Crippen LogP contribution in [0.3, 0.4) is 0 Å². The second-order valence-electron chi connectivity index (χ2n) is 4.93. The van der Waals surface area contributed by atoms with Gasteiger partial charge in [0.25, 0.3) is 5.91 Å². The Morgan fingerprint density at radius 3 is 2.70 bits per heavy atom. The third-order valence-electron chi connectivity index (χ3n) is 3.48. The van der Waals surface area contributed by atoms with Gasteiger partial charge in [0.05, 0.1) is 12.7 Å². The SMILES string of the molecule is COC(=O)c1ccc2c(c1)NC(=O)/C2=C/c1cc(F)ccc1F. The highest BCUT2D eigenvalue weighted by Crippen LogP contribution is 2.34. The van der Waals surface area contributed by atoms with Gasteiger partial charge in [0, 0.05) is 22.4 Å². The molecule has 0 radical (unpaired) electrons. The molecule has 2 aromatic carbocycles. The second kappa shape index (κ2) is 5.64. The Hall–Kier alpha value is -3.02. The van der Waals surface area contributed by atoms with Gasteiger partial charge in [0.15, 0.2) is 0 Å². The highest BCUT2D eigenvalue weighted by Gasteiger charge is 2.25. The van der Waals surface area contributed by atoms with Crippen molar-refractivity contribution in [2.45, 2.75) is 0 Å². The van der Waals surface area contributed by atoms with Crippen molar-refractivity contribution >= 4 is 29.2 Å². The number of ether oxygens (including phenoxy) is 1. The Labute approximate surface area is 130 Å². The lowest BCUT2D eigenvalue weighted by Crippen LogP contribution is -2.04. The standard InChI is InChI=1S/C17H11F2NO3/c1-23-17(22)9-2-4-12-13(16(21)20-15(12)8-9)7-10-6-11(18)3-5-14(10)19/h2-8H,1H3,(H,20,21)/b13-7+. The summed E-state index contributed by atoms with van der Waals surface area (Å²) in [4.78, 5) is 23.6. The Bertz CT molecular complexity index is 859. The summed E-state index contributed by atoms with van der Waals surface area (Å²) < 4.78 is 31.6. The first-order chi connectivity index (χ1) is 11.0. The molecule has 3 rings (SSSR count). The number of methoxy groups -OCH3 is 1. The number of fused-ring (bicyclic) bond motifs is 1. The van der Waals surface area contributed by atoms with Crippen molar-refractivity contribution in [3.63, 3.8) is 0 Å². The van der Waals surface area contributed by atoms with Gasteiger partial charge in [0.1, 0.15) is 11.6 Å². The van der Waals surface area contributed by atoms with Crippen LogP contribution in [0.4, 0.5) is 14.5 Å². The highest BCUT2D eigenvalue weighted by molar-refractivity contribution is 6.35. The number of hydrogen-bond acceptors (Lipinski definition) is 3. The van der Waals surface area contributed by atoms with Gasteiger partial charge in [-0.3, -0.25) is 4.79 Å². The molecule has 116 valence electrons. The number of nitrogens with one attached hydrogen (secondary N) is 1. The highest BCUT2D eigenvalue weighted by atomic mass is 19.1. The first kappa shape index (κ1) is 14.9. The van der Waals surface area contributed by atoms with E-state index in [-0.39, 0.29) is 16.7 Å². The Morgan fingerprint density at radius 2 is 1.96 bits per heavy atom. The van der Waals surface area contributed by atoms with Gasteiger partial charge in [-0.1, -0.05) is 6.07 Å². The molecular weight excluding hydrogens is 304 g/mol. The summed E-state index contributed by atoms with van der Waals surface area (Å²) in [7, 11) is 1.26. The van der Waals surface area contributed by atoms with Crippen molar-refractivity contribution in [2.75, 3.05) is 12.4 Å². The summed E-state index contributed by atoms with van der Waals surface area (Å²) in [6.45, 7) is 0. The smallest absolute Gasteiger partial charge is 0.337 e. The van der Waals surface area contributed by atoms with Crippen LogP contribution in [0.25, 0.3) is 11.6 Å². The molecule has 23 heavy (non-hydrogen) atoms. The molecule has 1 heterocycles. The van der Waals surface area contributed by atoms with E-state index < -0.39 is 23.5 Å². The second-order valence-corrected chi connectivity index (χ2v) is 4.93. The van der Waals surface area contributed by atoms with Crippen molar-refractivity contribution in [3.05, 3.63) is 64.7 Å². The van der Waals surface area contributed by atoms with Gasteiger partial charge >= 0.3 is 5.97 Å². The molecule has 0 bridgehead atoms. The van der Waals surface area contributed by atoms with Crippen LogP contribution in [-0.4, -0.2) is 19.0 Å². The lowest BCUT2D eigenvalue weighted by atomic mass is 10.0. The van der Waals surface area contributed by atoms with Crippen molar-refractivity contribution in [3.8, 4) is 0 Å². The zero-order chi connectivity index (χ0) is 16.6.